The minimum atomic E-state index is -0.299. The average Bonchev–Trinajstić information content (AvgIpc) is 3.26. The molecule has 0 spiro atoms. The summed E-state index contributed by atoms with van der Waals surface area (Å²) in [4.78, 5) is 17.2. The van der Waals surface area contributed by atoms with Crippen LogP contribution in [0, 0.1) is 11.2 Å². The summed E-state index contributed by atoms with van der Waals surface area (Å²) in [5.41, 5.74) is 4.57. The van der Waals surface area contributed by atoms with E-state index in [0.29, 0.717) is 30.1 Å². The predicted octanol–water partition coefficient (Wildman–Crippen LogP) is 4.76. The van der Waals surface area contributed by atoms with Crippen LogP contribution < -0.4 is 4.74 Å². The molecule has 4 aromatic rings. The lowest BCUT2D eigenvalue weighted by Crippen LogP contribution is -2.13. The Balaban J connectivity index is 1.60. The van der Waals surface area contributed by atoms with Gasteiger partial charge in [0, 0.05) is 48.6 Å². The highest BCUT2D eigenvalue weighted by Crippen LogP contribution is 2.33. The van der Waals surface area contributed by atoms with Gasteiger partial charge in [-0.3, -0.25) is 0 Å². The van der Waals surface area contributed by atoms with Gasteiger partial charge in [0.2, 0.25) is 5.88 Å². The van der Waals surface area contributed by atoms with E-state index in [1.807, 2.05) is 23.6 Å². The van der Waals surface area contributed by atoms with Crippen molar-refractivity contribution in [3.63, 3.8) is 0 Å². The summed E-state index contributed by atoms with van der Waals surface area (Å²) in [5, 5.41) is 8.51. The van der Waals surface area contributed by atoms with Crippen LogP contribution in [0.15, 0.2) is 67.5 Å². The Morgan fingerprint density at radius 1 is 1.09 bits per heavy atom. The van der Waals surface area contributed by atoms with Gasteiger partial charge in [-0.2, -0.15) is 0 Å². The van der Waals surface area contributed by atoms with E-state index in [2.05, 4.69) is 19.9 Å². The number of aromatic nitrogens is 5. The lowest BCUT2D eigenvalue weighted by molar-refractivity contribution is 0.397. The van der Waals surface area contributed by atoms with Crippen LogP contribution in [-0.2, 0) is 6.42 Å². The summed E-state index contributed by atoms with van der Waals surface area (Å²) in [6, 6.07) is 11.7. The number of benzene rings is 1. The number of methoxy groups -OCH3 is 1. The highest BCUT2D eigenvalue weighted by molar-refractivity contribution is 5.84. The molecule has 8 heteroatoms. The molecule has 3 aromatic heterocycles. The fourth-order valence-corrected chi connectivity index (χ4v) is 3.61. The molecule has 0 fully saturated rings. The summed E-state index contributed by atoms with van der Waals surface area (Å²) >= 11 is 0. The van der Waals surface area contributed by atoms with E-state index in [1.165, 1.54) is 18.5 Å². The van der Waals surface area contributed by atoms with Crippen molar-refractivity contribution < 1.29 is 9.13 Å². The lowest BCUT2D eigenvalue weighted by atomic mass is 10.0. The van der Waals surface area contributed by atoms with Gasteiger partial charge in [0.25, 0.3) is 0 Å². The molecule has 0 saturated heterocycles. The van der Waals surface area contributed by atoms with Gasteiger partial charge >= 0.3 is 0 Å². The number of halogens is 1. The Morgan fingerprint density at radius 2 is 1.91 bits per heavy atom. The lowest BCUT2D eigenvalue weighted by Gasteiger charge is -2.18. The maximum atomic E-state index is 13.4. The largest absolute Gasteiger partial charge is 0.481 e. The van der Waals surface area contributed by atoms with Crippen molar-refractivity contribution in [3.8, 4) is 28.5 Å². The molecule has 1 atom stereocenters. The quantitative estimate of drug-likeness (QED) is 0.407. The third kappa shape index (κ3) is 4.69. The Hall–Kier alpha value is -3.94. The van der Waals surface area contributed by atoms with Gasteiger partial charge in [-0.25, -0.2) is 24.3 Å². The van der Waals surface area contributed by atoms with E-state index in [-0.39, 0.29) is 11.9 Å². The molecule has 0 aliphatic rings. The SMILES string of the molecule is COc1ccc(CC(=N)CC(C)n2cnc(-c3ccc(F)cc3)c2-c2ccncn2)cn1. The standard InChI is InChI=1S/C24H23FN6O/c1-16(11-20(26)12-17-3-8-22(32-2)28-13-17)31-15-30-23(18-4-6-19(25)7-5-18)24(31)21-9-10-27-14-29-21/h3-10,13-16,26H,11-12H2,1-2H3. The van der Waals surface area contributed by atoms with Crippen LogP contribution in [0.25, 0.3) is 22.6 Å². The first-order valence-corrected chi connectivity index (χ1v) is 10.2. The summed E-state index contributed by atoms with van der Waals surface area (Å²) in [6.45, 7) is 2.04. The molecule has 0 radical (unpaired) electrons. The van der Waals surface area contributed by atoms with Crippen molar-refractivity contribution in [1.82, 2.24) is 24.5 Å². The summed E-state index contributed by atoms with van der Waals surface area (Å²) < 4.78 is 20.5. The van der Waals surface area contributed by atoms with Gasteiger partial charge < -0.3 is 14.7 Å². The highest BCUT2D eigenvalue weighted by atomic mass is 19.1. The van der Waals surface area contributed by atoms with E-state index < -0.39 is 0 Å². The third-order valence-corrected chi connectivity index (χ3v) is 5.18. The molecule has 4 rings (SSSR count). The van der Waals surface area contributed by atoms with Crippen LogP contribution >= 0.6 is 0 Å². The van der Waals surface area contributed by atoms with Crippen molar-refractivity contribution in [2.45, 2.75) is 25.8 Å². The van der Waals surface area contributed by atoms with Crippen LogP contribution in [0.4, 0.5) is 4.39 Å². The normalized spacial score (nSPS) is 11.8. The van der Waals surface area contributed by atoms with E-state index in [9.17, 15) is 4.39 Å². The second-order valence-electron chi connectivity index (χ2n) is 7.49. The highest BCUT2D eigenvalue weighted by Gasteiger charge is 2.20. The number of pyridine rings is 1. The summed E-state index contributed by atoms with van der Waals surface area (Å²) in [5.74, 6) is 0.251. The maximum absolute atomic E-state index is 13.4. The predicted molar refractivity (Wildman–Crippen MR) is 120 cm³/mol. The van der Waals surface area contributed by atoms with Crippen molar-refractivity contribution in [2.75, 3.05) is 7.11 Å². The minimum absolute atomic E-state index is 0.0413. The Labute approximate surface area is 185 Å². The van der Waals surface area contributed by atoms with E-state index in [4.69, 9.17) is 10.1 Å². The molecule has 1 unspecified atom stereocenters. The molecule has 0 saturated carbocycles. The van der Waals surface area contributed by atoms with Gasteiger partial charge in [0.1, 0.15) is 12.1 Å². The molecule has 0 aliphatic carbocycles. The first-order valence-electron chi connectivity index (χ1n) is 10.2. The first-order chi connectivity index (χ1) is 15.5. The van der Waals surface area contributed by atoms with Crippen LogP contribution in [0.2, 0.25) is 0 Å². The Morgan fingerprint density at radius 3 is 2.56 bits per heavy atom. The van der Waals surface area contributed by atoms with Gasteiger partial charge in [-0.1, -0.05) is 6.07 Å². The molecule has 7 nitrogen and oxygen atoms in total. The zero-order chi connectivity index (χ0) is 22.5. The second-order valence-corrected chi connectivity index (χ2v) is 7.49. The average molecular weight is 430 g/mol. The molecular weight excluding hydrogens is 407 g/mol. The zero-order valence-corrected chi connectivity index (χ0v) is 17.9. The molecule has 1 N–H and O–H groups in total. The van der Waals surface area contributed by atoms with E-state index >= 15 is 0 Å². The minimum Gasteiger partial charge on any atom is -0.481 e. The Kier molecular flexibility index (Phi) is 6.30. The zero-order valence-electron chi connectivity index (χ0n) is 17.9. The molecule has 0 amide bonds. The van der Waals surface area contributed by atoms with Crippen molar-refractivity contribution in [1.29, 1.82) is 5.41 Å². The third-order valence-electron chi connectivity index (χ3n) is 5.18. The smallest absolute Gasteiger partial charge is 0.212 e. The summed E-state index contributed by atoms with van der Waals surface area (Å²) in [6.07, 6.45) is 7.69. The molecule has 1 aromatic carbocycles. The number of ether oxygens (including phenoxy) is 1. The van der Waals surface area contributed by atoms with Gasteiger partial charge in [-0.05, 0) is 42.8 Å². The summed E-state index contributed by atoms with van der Waals surface area (Å²) in [7, 11) is 1.58. The van der Waals surface area contributed by atoms with Crippen molar-refractivity contribution in [2.24, 2.45) is 0 Å². The topological polar surface area (TPSA) is 89.6 Å². The van der Waals surface area contributed by atoms with Gasteiger partial charge in [0.15, 0.2) is 0 Å². The van der Waals surface area contributed by atoms with Crippen LogP contribution in [0.3, 0.4) is 0 Å². The number of hydrogen-bond donors (Lipinski definition) is 1. The van der Waals surface area contributed by atoms with Crippen molar-refractivity contribution >= 4 is 5.71 Å². The molecular formula is C24H23FN6O. The Bertz CT molecular complexity index is 1190. The molecule has 3 heterocycles. The number of rotatable bonds is 8. The molecule has 162 valence electrons. The maximum Gasteiger partial charge on any atom is 0.212 e. The monoisotopic (exact) mass is 430 g/mol. The fourth-order valence-electron chi connectivity index (χ4n) is 3.61. The second kappa shape index (κ2) is 9.47. The van der Waals surface area contributed by atoms with Gasteiger partial charge in [0.05, 0.1) is 30.5 Å². The first kappa shape index (κ1) is 21.3. The van der Waals surface area contributed by atoms with E-state index in [1.54, 1.807) is 44.0 Å². The fraction of sp³-hybridized carbons (Fsp3) is 0.208. The number of imidazole rings is 1. The van der Waals surface area contributed by atoms with E-state index in [0.717, 1.165) is 22.5 Å². The van der Waals surface area contributed by atoms with Crippen LogP contribution in [0.5, 0.6) is 5.88 Å². The van der Waals surface area contributed by atoms with Crippen LogP contribution in [0.1, 0.15) is 24.9 Å². The molecule has 0 bridgehead atoms. The van der Waals surface area contributed by atoms with Crippen LogP contribution in [-0.4, -0.2) is 37.3 Å². The molecule has 0 aliphatic heterocycles. The molecule has 32 heavy (non-hydrogen) atoms. The number of hydrogen-bond acceptors (Lipinski definition) is 6. The van der Waals surface area contributed by atoms with Crippen molar-refractivity contribution in [3.05, 3.63) is 78.9 Å². The van der Waals surface area contributed by atoms with Gasteiger partial charge in [-0.15, -0.1) is 0 Å². The number of nitrogens with zero attached hydrogens (tertiary/aromatic N) is 5. The number of nitrogens with one attached hydrogen (secondary N) is 1.